The van der Waals surface area contributed by atoms with Crippen molar-refractivity contribution in [3.05, 3.63) is 58.9 Å². The quantitative estimate of drug-likeness (QED) is 0.888. The highest BCUT2D eigenvalue weighted by molar-refractivity contribution is 5.97. The Morgan fingerprint density at radius 2 is 1.86 bits per heavy atom. The number of rotatable bonds is 3. The fourth-order valence-corrected chi connectivity index (χ4v) is 3.30. The van der Waals surface area contributed by atoms with Gasteiger partial charge in [-0.2, -0.15) is 5.26 Å². The van der Waals surface area contributed by atoms with Gasteiger partial charge in [-0.25, -0.2) is 4.39 Å². The molecule has 6 nitrogen and oxygen atoms in total. The van der Waals surface area contributed by atoms with Crippen molar-refractivity contribution in [1.82, 2.24) is 4.90 Å². The van der Waals surface area contributed by atoms with Gasteiger partial charge in [0.1, 0.15) is 17.4 Å². The lowest BCUT2D eigenvalue weighted by atomic mass is 10.1. The van der Waals surface area contributed by atoms with E-state index in [0.717, 1.165) is 5.56 Å². The summed E-state index contributed by atoms with van der Waals surface area (Å²) >= 11 is 0. The second kappa shape index (κ2) is 8.09. The van der Waals surface area contributed by atoms with Gasteiger partial charge in [-0.3, -0.25) is 9.59 Å². The molecule has 1 saturated heterocycles. The normalized spacial score (nSPS) is 13.8. The molecular weight excluding hydrogens is 359 g/mol. The third-order valence-electron chi connectivity index (χ3n) is 4.81. The predicted octanol–water partition coefficient (Wildman–Crippen LogP) is 2.93. The molecule has 1 heterocycles. The maximum atomic E-state index is 13.8. The number of nitriles is 1. The van der Waals surface area contributed by atoms with Crippen LogP contribution in [-0.4, -0.2) is 42.9 Å². The zero-order chi connectivity index (χ0) is 20.3. The number of piperazine rings is 1. The molecule has 1 aliphatic rings. The molecule has 0 spiro atoms. The summed E-state index contributed by atoms with van der Waals surface area (Å²) in [6, 6.07) is 11.7. The number of nitrogens with zero attached hydrogens (tertiary/aromatic N) is 3. The van der Waals surface area contributed by atoms with Crippen LogP contribution in [0.3, 0.4) is 0 Å². The number of aryl methyl sites for hydroxylation is 1. The predicted molar refractivity (Wildman–Crippen MR) is 105 cm³/mol. The first kappa shape index (κ1) is 19.4. The molecule has 0 atom stereocenters. The van der Waals surface area contributed by atoms with Gasteiger partial charge in [0.2, 0.25) is 5.91 Å². The van der Waals surface area contributed by atoms with E-state index in [4.69, 9.17) is 0 Å². The third kappa shape index (κ3) is 3.96. The minimum Gasteiger partial charge on any atom is -0.367 e. The number of carbonyl (C=O) groups is 2. The fourth-order valence-electron chi connectivity index (χ4n) is 3.30. The van der Waals surface area contributed by atoms with Crippen LogP contribution in [0.1, 0.15) is 28.4 Å². The van der Waals surface area contributed by atoms with Gasteiger partial charge in [0.05, 0.1) is 5.69 Å². The van der Waals surface area contributed by atoms with E-state index < -0.39 is 5.82 Å². The van der Waals surface area contributed by atoms with E-state index in [1.165, 1.54) is 13.0 Å². The lowest BCUT2D eigenvalue weighted by Crippen LogP contribution is -2.49. The van der Waals surface area contributed by atoms with Crippen LogP contribution in [0.2, 0.25) is 0 Å². The Morgan fingerprint density at radius 3 is 2.50 bits per heavy atom. The second-order valence-corrected chi connectivity index (χ2v) is 6.74. The zero-order valence-corrected chi connectivity index (χ0v) is 15.8. The molecule has 2 aromatic carbocycles. The summed E-state index contributed by atoms with van der Waals surface area (Å²) in [6.07, 6.45) is 0. The minimum atomic E-state index is -0.538. The number of hydrogen-bond donors (Lipinski definition) is 1. The molecule has 0 saturated carbocycles. The van der Waals surface area contributed by atoms with Crippen molar-refractivity contribution in [3.8, 4) is 6.07 Å². The first-order valence-electron chi connectivity index (χ1n) is 9.02. The summed E-state index contributed by atoms with van der Waals surface area (Å²) in [4.78, 5) is 27.8. The summed E-state index contributed by atoms with van der Waals surface area (Å²) in [7, 11) is 0. The van der Waals surface area contributed by atoms with Crippen LogP contribution in [0.15, 0.2) is 36.4 Å². The molecule has 0 aromatic heterocycles. The van der Waals surface area contributed by atoms with Crippen LogP contribution in [0, 0.1) is 24.1 Å². The molecule has 0 aliphatic carbocycles. The molecule has 2 amide bonds. The van der Waals surface area contributed by atoms with Gasteiger partial charge in [0.25, 0.3) is 5.91 Å². The fraction of sp³-hybridized carbons (Fsp3) is 0.286. The zero-order valence-electron chi connectivity index (χ0n) is 15.8. The van der Waals surface area contributed by atoms with Crippen LogP contribution in [-0.2, 0) is 4.79 Å². The van der Waals surface area contributed by atoms with Gasteiger partial charge < -0.3 is 15.1 Å². The molecule has 0 bridgehead atoms. The Bertz CT molecular complexity index is 959. The second-order valence-electron chi connectivity index (χ2n) is 6.74. The van der Waals surface area contributed by atoms with Gasteiger partial charge in [-0.1, -0.05) is 12.1 Å². The van der Waals surface area contributed by atoms with E-state index in [1.807, 2.05) is 17.9 Å². The molecule has 1 N–H and O–H groups in total. The third-order valence-corrected chi connectivity index (χ3v) is 4.81. The van der Waals surface area contributed by atoms with Gasteiger partial charge in [-0.05, 0) is 36.8 Å². The molecular formula is C21H21FN4O2. The van der Waals surface area contributed by atoms with E-state index in [-0.39, 0.29) is 17.4 Å². The first-order chi connectivity index (χ1) is 13.4. The van der Waals surface area contributed by atoms with Crippen molar-refractivity contribution < 1.29 is 14.0 Å². The molecule has 0 unspecified atom stereocenters. The number of benzene rings is 2. The molecule has 2 aromatic rings. The molecule has 28 heavy (non-hydrogen) atoms. The lowest BCUT2D eigenvalue weighted by Gasteiger charge is -2.36. The smallest absolute Gasteiger partial charge is 0.254 e. The number of hydrogen-bond acceptors (Lipinski definition) is 4. The summed E-state index contributed by atoms with van der Waals surface area (Å²) in [6.45, 7) is 5.23. The highest BCUT2D eigenvalue weighted by Crippen LogP contribution is 2.24. The summed E-state index contributed by atoms with van der Waals surface area (Å²) < 4.78 is 13.8. The number of nitrogens with one attached hydrogen (secondary N) is 1. The van der Waals surface area contributed by atoms with Gasteiger partial charge in [0, 0.05) is 44.4 Å². The van der Waals surface area contributed by atoms with Crippen molar-refractivity contribution >= 4 is 23.2 Å². The SMILES string of the molecule is CC(=O)Nc1cc(C(=O)N2CCN(c3cccc(F)c3C#N)CC2)ccc1C. The van der Waals surface area contributed by atoms with E-state index in [2.05, 4.69) is 5.32 Å². The summed E-state index contributed by atoms with van der Waals surface area (Å²) in [5, 5.41) is 12.0. The molecule has 0 radical (unpaired) electrons. The maximum Gasteiger partial charge on any atom is 0.254 e. The van der Waals surface area contributed by atoms with Crippen molar-refractivity contribution in [2.75, 3.05) is 36.4 Å². The standard InChI is InChI=1S/C21H21FN4O2/c1-14-6-7-16(12-19(14)24-15(2)27)21(28)26-10-8-25(9-11-26)20-5-3-4-18(22)17(20)13-23/h3-7,12H,8-11H2,1-2H3,(H,24,27). The largest absolute Gasteiger partial charge is 0.367 e. The maximum absolute atomic E-state index is 13.8. The van der Waals surface area contributed by atoms with E-state index in [0.29, 0.717) is 43.1 Å². The number of amides is 2. The molecule has 144 valence electrons. The first-order valence-corrected chi connectivity index (χ1v) is 9.02. The van der Waals surface area contributed by atoms with Crippen molar-refractivity contribution in [2.24, 2.45) is 0 Å². The highest BCUT2D eigenvalue weighted by atomic mass is 19.1. The number of halogens is 1. The number of anilines is 2. The molecule has 1 aliphatic heterocycles. The molecule has 7 heteroatoms. The Balaban J connectivity index is 1.72. The minimum absolute atomic E-state index is 0.0285. The Labute approximate surface area is 163 Å². The van der Waals surface area contributed by atoms with E-state index in [9.17, 15) is 19.2 Å². The van der Waals surface area contributed by atoms with Crippen LogP contribution in [0.4, 0.5) is 15.8 Å². The summed E-state index contributed by atoms with van der Waals surface area (Å²) in [5.74, 6) is -0.848. The Morgan fingerprint density at radius 1 is 1.14 bits per heavy atom. The van der Waals surface area contributed by atoms with Crippen molar-refractivity contribution in [1.29, 1.82) is 5.26 Å². The van der Waals surface area contributed by atoms with Gasteiger partial charge in [-0.15, -0.1) is 0 Å². The Kier molecular flexibility index (Phi) is 5.59. The van der Waals surface area contributed by atoms with Gasteiger partial charge in [0.15, 0.2) is 0 Å². The topological polar surface area (TPSA) is 76.4 Å². The average Bonchev–Trinajstić information content (AvgIpc) is 2.68. The highest BCUT2D eigenvalue weighted by Gasteiger charge is 2.24. The average molecular weight is 380 g/mol. The molecule has 3 rings (SSSR count). The van der Waals surface area contributed by atoms with Crippen molar-refractivity contribution in [3.63, 3.8) is 0 Å². The van der Waals surface area contributed by atoms with Crippen LogP contribution in [0.5, 0.6) is 0 Å². The van der Waals surface area contributed by atoms with Crippen LogP contribution >= 0.6 is 0 Å². The van der Waals surface area contributed by atoms with Crippen molar-refractivity contribution in [2.45, 2.75) is 13.8 Å². The molecule has 1 fully saturated rings. The van der Waals surface area contributed by atoms with Crippen LogP contribution in [0.25, 0.3) is 0 Å². The van der Waals surface area contributed by atoms with E-state index >= 15 is 0 Å². The number of carbonyl (C=O) groups excluding carboxylic acids is 2. The summed E-state index contributed by atoms with van der Waals surface area (Å²) in [5.41, 5.74) is 2.59. The van der Waals surface area contributed by atoms with E-state index in [1.54, 1.807) is 35.2 Å². The lowest BCUT2D eigenvalue weighted by molar-refractivity contribution is -0.114. The Hall–Kier alpha value is -3.40. The van der Waals surface area contributed by atoms with Crippen LogP contribution < -0.4 is 10.2 Å². The van der Waals surface area contributed by atoms with Gasteiger partial charge >= 0.3 is 0 Å². The monoisotopic (exact) mass is 380 g/mol.